The molecule has 2 unspecified atom stereocenters. The van der Waals surface area contributed by atoms with E-state index in [9.17, 15) is 15.0 Å². The van der Waals surface area contributed by atoms with E-state index >= 15 is 0 Å². The summed E-state index contributed by atoms with van der Waals surface area (Å²) in [5.41, 5.74) is 0.455. The van der Waals surface area contributed by atoms with Gasteiger partial charge in [-0.15, -0.1) is 0 Å². The van der Waals surface area contributed by atoms with Gasteiger partial charge in [0.05, 0.1) is 14.2 Å². The molecule has 7 heteroatoms. The molecule has 3 N–H and O–H groups in total. The third kappa shape index (κ3) is 4.36. The van der Waals surface area contributed by atoms with Crippen LogP contribution in [0.25, 0.3) is 0 Å². The number of para-hydroxylation sites is 1. The first-order valence-electron chi connectivity index (χ1n) is 10.6. The Morgan fingerprint density at radius 2 is 1.84 bits per heavy atom. The average Bonchev–Trinajstić information content (AvgIpc) is 2.75. The van der Waals surface area contributed by atoms with Crippen LogP contribution in [0.1, 0.15) is 56.6 Å². The SMILES string of the molecule is CCCC(NC(C)=O)(Oc1c(OC)cccc1OC)C1CCCc2c1ccc(O)c2O. The van der Waals surface area contributed by atoms with Crippen LogP contribution in [0.2, 0.25) is 0 Å². The van der Waals surface area contributed by atoms with Gasteiger partial charge in [-0.3, -0.25) is 4.79 Å². The zero-order valence-corrected chi connectivity index (χ0v) is 18.5. The van der Waals surface area contributed by atoms with Gasteiger partial charge in [0.1, 0.15) is 0 Å². The molecule has 0 aromatic heterocycles. The highest BCUT2D eigenvalue weighted by atomic mass is 16.6. The smallest absolute Gasteiger partial charge is 0.219 e. The fourth-order valence-corrected chi connectivity index (χ4v) is 4.59. The van der Waals surface area contributed by atoms with E-state index in [4.69, 9.17) is 14.2 Å². The molecule has 2 aromatic rings. The third-order valence-electron chi connectivity index (χ3n) is 5.83. The lowest BCUT2D eigenvalue weighted by molar-refractivity contribution is -0.127. The van der Waals surface area contributed by atoms with Gasteiger partial charge >= 0.3 is 0 Å². The van der Waals surface area contributed by atoms with Crippen molar-refractivity contribution >= 4 is 5.91 Å². The van der Waals surface area contributed by atoms with Gasteiger partial charge in [-0.25, -0.2) is 0 Å². The number of ether oxygens (including phenoxy) is 3. The van der Waals surface area contributed by atoms with Gasteiger partial charge in [0.15, 0.2) is 28.7 Å². The molecule has 3 rings (SSSR count). The van der Waals surface area contributed by atoms with Gasteiger partial charge < -0.3 is 29.7 Å². The molecule has 0 saturated heterocycles. The van der Waals surface area contributed by atoms with Crippen LogP contribution in [-0.4, -0.2) is 36.1 Å². The average molecular weight is 430 g/mol. The van der Waals surface area contributed by atoms with Crippen LogP contribution in [0.15, 0.2) is 30.3 Å². The molecule has 31 heavy (non-hydrogen) atoms. The number of benzene rings is 2. The third-order valence-corrected chi connectivity index (χ3v) is 5.83. The van der Waals surface area contributed by atoms with Crippen molar-refractivity contribution in [3.8, 4) is 28.7 Å². The molecular formula is C24H31NO6. The molecule has 0 saturated carbocycles. The van der Waals surface area contributed by atoms with Gasteiger partial charge in [0, 0.05) is 24.8 Å². The number of aromatic hydroxyl groups is 2. The number of phenolic OH excluding ortho intramolecular Hbond substituents is 2. The lowest BCUT2D eigenvalue weighted by Crippen LogP contribution is -2.57. The number of hydrogen-bond acceptors (Lipinski definition) is 6. The van der Waals surface area contributed by atoms with Crippen molar-refractivity contribution in [1.82, 2.24) is 5.32 Å². The van der Waals surface area contributed by atoms with Crippen molar-refractivity contribution in [3.05, 3.63) is 41.5 Å². The van der Waals surface area contributed by atoms with Crippen LogP contribution in [0.3, 0.4) is 0 Å². The Kier molecular flexibility index (Phi) is 6.83. The van der Waals surface area contributed by atoms with Crippen LogP contribution >= 0.6 is 0 Å². The summed E-state index contributed by atoms with van der Waals surface area (Å²) in [7, 11) is 3.11. The summed E-state index contributed by atoms with van der Waals surface area (Å²) in [5, 5.41) is 23.5. The molecule has 0 aliphatic heterocycles. The van der Waals surface area contributed by atoms with Crippen molar-refractivity contribution in [2.75, 3.05) is 14.2 Å². The fourth-order valence-electron chi connectivity index (χ4n) is 4.59. The van der Waals surface area contributed by atoms with Crippen LogP contribution in [-0.2, 0) is 11.2 Å². The summed E-state index contributed by atoms with van der Waals surface area (Å²) in [4.78, 5) is 12.4. The summed E-state index contributed by atoms with van der Waals surface area (Å²) in [6.45, 7) is 3.49. The molecule has 2 atom stereocenters. The Morgan fingerprint density at radius 1 is 1.16 bits per heavy atom. The maximum atomic E-state index is 12.4. The normalized spacial score (nSPS) is 17.2. The number of nitrogens with one attached hydrogen (secondary N) is 1. The lowest BCUT2D eigenvalue weighted by atomic mass is 9.74. The second-order valence-electron chi connectivity index (χ2n) is 7.86. The largest absolute Gasteiger partial charge is 0.504 e. The number of hydrogen-bond donors (Lipinski definition) is 3. The number of phenols is 2. The number of methoxy groups -OCH3 is 2. The van der Waals surface area contributed by atoms with E-state index < -0.39 is 5.72 Å². The Morgan fingerprint density at radius 3 is 2.42 bits per heavy atom. The molecule has 1 amide bonds. The summed E-state index contributed by atoms with van der Waals surface area (Å²) in [5.74, 6) is 0.672. The predicted molar refractivity (Wildman–Crippen MR) is 117 cm³/mol. The number of rotatable bonds is 8. The molecule has 168 valence electrons. The molecule has 0 fully saturated rings. The van der Waals surface area contributed by atoms with Crippen molar-refractivity contribution in [3.63, 3.8) is 0 Å². The van der Waals surface area contributed by atoms with E-state index in [1.165, 1.54) is 13.0 Å². The molecule has 7 nitrogen and oxygen atoms in total. The number of carbonyl (C=O) groups excluding carboxylic acids is 1. The van der Waals surface area contributed by atoms with Crippen LogP contribution in [0, 0.1) is 0 Å². The van der Waals surface area contributed by atoms with E-state index in [0.29, 0.717) is 35.7 Å². The first-order valence-corrected chi connectivity index (χ1v) is 10.6. The minimum absolute atomic E-state index is 0.106. The summed E-state index contributed by atoms with van der Waals surface area (Å²) < 4.78 is 17.7. The lowest BCUT2D eigenvalue weighted by Gasteiger charge is -2.44. The maximum Gasteiger partial charge on any atom is 0.219 e. The number of carbonyl (C=O) groups is 1. The Labute approximate surface area is 183 Å². The molecular weight excluding hydrogens is 398 g/mol. The zero-order valence-electron chi connectivity index (χ0n) is 18.5. The van der Waals surface area contributed by atoms with Gasteiger partial charge in [-0.2, -0.15) is 0 Å². The quantitative estimate of drug-likeness (QED) is 0.429. The zero-order chi connectivity index (χ0) is 22.6. The molecule has 1 aliphatic rings. The van der Waals surface area contributed by atoms with Crippen LogP contribution in [0.5, 0.6) is 28.7 Å². The van der Waals surface area contributed by atoms with Crippen molar-refractivity contribution in [2.45, 2.75) is 57.6 Å². The molecule has 0 bridgehead atoms. The van der Waals surface area contributed by atoms with E-state index in [2.05, 4.69) is 5.32 Å². The van der Waals surface area contributed by atoms with Crippen molar-refractivity contribution in [1.29, 1.82) is 0 Å². The second kappa shape index (κ2) is 9.37. The van der Waals surface area contributed by atoms with Gasteiger partial charge in [0.25, 0.3) is 0 Å². The van der Waals surface area contributed by atoms with E-state index in [0.717, 1.165) is 24.8 Å². The maximum absolute atomic E-state index is 12.4. The van der Waals surface area contributed by atoms with Gasteiger partial charge in [-0.05, 0) is 43.0 Å². The van der Waals surface area contributed by atoms with Crippen LogP contribution < -0.4 is 19.5 Å². The van der Waals surface area contributed by atoms with Gasteiger partial charge in [0.2, 0.25) is 11.7 Å². The van der Waals surface area contributed by atoms with E-state index in [1.54, 1.807) is 32.4 Å². The standard InChI is InChI=1S/C24H31NO6/c1-5-14-24(25-15(2)26,31-23-20(29-3)10-7-11-21(23)30-4)18-9-6-8-17-16(18)12-13-19(27)22(17)28/h7,10-13,18,27-28H,5-6,8-9,14H2,1-4H3,(H,25,26). The molecule has 0 radical (unpaired) electrons. The van der Waals surface area contributed by atoms with Gasteiger partial charge in [-0.1, -0.05) is 25.5 Å². The Balaban J connectivity index is 2.19. The topological polar surface area (TPSA) is 97.3 Å². The van der Waals surface area contributed by atoms with E-state index in [-0.39, 0.29) is 23.3 Å². The summed E-state index contributed by atoms with van der Waals surface area (Å²) >= 11 is 0. The fraction of sp³-hybridized carbons (Fsp3) is 0.458. The Hall–Kier alpha value is -3.09. The first-order chi connectivity index (χ1) is 14.9. The molecule has 2 aromatic carbocycles. The minimum Gasteiger partial charge on any atom is -0.504 e. The molecule has 0 spiro atoms. The van der Waals surface area contributed by atoms with Crippen molar-refractivity contribution < 1.29 is 29.2 Å². The second-order valence-corrected chi connectivity index (χ2v) is 7.86. The predicted octanol–water partition coefficient (Wildman–Crippen LogP) is 4.25. The summed E-state index contributed by atoms with van der Waals surface area (Å²) in [6, 6.07) is 8.66. The molecule has 1 aliphatic carbocycles. The van der Waals surface area contributed by atoms with Crippen molar-refractivity contribution in [2.24, 2.45) is 0 Å². The highest BCUT2D eigenvalue weighted by Crippen LogP contribution is 2.49. The van der Waals surface area contributed by atoms with Crippen LogP contribution in [0.4, 0.5) is 0 Å². The first kappa shape index (κ1) is 22.6. The summed E-state index contributed by atoms with van der Waals surface area (Å²) in [6.07, 6.45) is 3.45. The Bertz CT molecular complexity index is 922. The number of fused-ring (bicyclic) bond motifs is 1. The number of amides is 1. The highest BCUT2D eigenvalue weighted by molar-refractivity contribution is 5.74. The molecule has 0 heterocycles. The van der Waals surface area contributed by atoms with E-state index in [1.807, 2.05) is 13.0 Å². The monoisotopic (exact) mass is 429 g/mol. The highest BCUT2D eigenvalue weighted by Gasteiger charge is 2.45. The minimum atomic E-state index is -1.10.